The molecule has 0 fully saturated rings. The SMILES string of the molecule is CN1[CH-]N(c2[c-]c(Oc3[c-]c4c(cc3)c3ccccc3n4-c3ccccn3)ccc2)C=C1C1c2ccccc2CCc2ccccc21.[Pt]. The van der Waals surface area contributed by atoms with E-state index in [0.29, 0.717) is 11.5 Å². The number of pyridine rings is 1. The van der Waals surface area contributed by atoms with Crippen LogP contribution in [-0.2, 0) is 33.9 Å². The number of nitrogens with zero attached hydrogens (tertiary/aromatic N) is 4. The van der Waals surface area contributed by atoms with E-state index in [2.05, 4.69) is 136 Å². The van der Waals surface area contributed by atoms with Gasteiger partial charge in [-0.1, -0.05) is 78.3 Å². The van der Waals surface area contributed by atoms with E-state index in [0.717, 1.165) is 46.2 Å². The van der Waals surface area contributed by atoms with Crippen molar-refractivity contribution in [3.05, 3.63) is 180 Å². The number of likely N-dealkylation sites (N-methyl/N-ethyl adjacent to an activating group) is 1. The molecule has 5 aromatic carbocycles. The standard InChI is InChI=1S/C42H31N4O.Pt/c1-44-28-45(27-40(44)42-34-15-4-2-11-29(34)20-21-30-12-3-5-16-35(30)42)31-13-10-14-32(25-31)47-33-22-23-37-36-17-6-7-18-38(36)46(39(37)26-33)41-19-8-9-24-43-41;/h2-19,22-24,27-28,42H,20-21H2,1H3;/q-3;. The number of rotatable bonds is 5. The van der Waals surface area contributed by atoms with E-state index < -0.39 is 0 Å². The molecule has 0 saturated heterocycles. The van der Waals surface area contributed by atoms with Crippen molar-refractivity contribution in [3.8, 4) is 17.3 Å². The van der Waals surface area contributed by atoms with Crippen LogP contribution >= 0.6 is 0 Å². The molecule has 0 bridgehead atoms. The monoisotopic (exact) mass is 802 g/mol. The van der Waals surface area contributed by atoms with E-state index in [9.17, 15) is 0 Å². The normalized spacial score (nSPS) is 14.3. The van der Waals surface area contributed by atoms with Crippen molar-refractivity contribution < 1.29 is 25.8 Å². The van der Waals surface area contributed by atoms with Gasteiger partial charge in [0.2, 0.25) is 0 Å². The summed E-state index contributed by atoms with van der Waals surface area (Å²) >= 11 is 0. The van der Waals surface area contributed by atoms with Gasteiger partial charge in [0.25, 0.3) is 0 Å². The smallest absolute Gasteiger partial charge is 0.135 e. The van der Waals surface area contributed by atoms with Crippen LogP contribution in [0.1, 0.15) is 28.2 Å². The summed E-state index contributed by atoms with van der Waals surface area (Å²) in [7, 11) is 2.13. The van der Waals surface area contributed by atoms with E-state index in [1.165, 1.54) is 28.0 Å². The summed E-state index contributed by atoms with van der Waals surface area (Å²) in [6, 6.07) is 49.3. The number of aryl methyl sites for hydroxylation is 2. The predicted octanol–water partition coefficient (Wildman–Crippen LogP) is 9.21. The van der Waals surface area contributed by atoms with Crippen LogP contribution in [0.2, 0.25) is 0 Å². The molecule has 1 aliphatic carbocycles. The minimum Gasteiger partial charge on any atom is -0.509 e. The molecular weight excluding hydrogens is 772 g/mol. The number of para-hydroxylation sites is 1. The molecule has 0 amide bonds. The van der Waals surface area contributed by atoms with Gasteiger partial charge in [-0.05, 0) is 71.9 Å². The minimum atomic E-state index is 0. The molecule has 0 atom stereocenters. The number of hydrogen-bond donors (Lipinski definition) is 0. The van der Waals surface area contributed by atoms with E-state index >= 15 is 0 Å². The molecule has 9 rings (SSSR count). The minimum absolute atomic E-state index is 0. The quantitative estimate of drug-likeness (QED) is 0.163. The molecule has 238 valence electrons. The molecule has 2 aliphatic rings. The summed E-state index contributed by atoms with van der Waals surface area (Å²) in [5.74, 6) is 2.23. The van der Waals surface area contributed by atoms with Gasteiger partial charge in [-0.15, -0.1) is 41.4 Å². The Hall–Kier alpha value is -5.12. The van der Waals surface area contributed by atoms with E-state index in [1.807, 2.05) is 42.6 Å². The van der Waals surface area contributed by atoms with Crippen molar-refractivity contribution in [2.45, 2.75) is 18.8 Å². The summed E-state index contributed by atoms with van der Waals surface area (Å²) in [6.07, 6.45) is 6.15. The zero-order valence-electron chi connectivity index (χ0n) is 26.3. The van der Waals surface area contributed by atoms with Crippen molar-refractivity contribution >= 4 is 27.5 Å². The molecule has 7 aromatic rings. The van der Waals surface area contributed by atoms with Crippen molar-refractivity contribution in [1.82, 2.24) is 14.5 Å². The molecule has 6 heteroatoms. The van der Waals surface area contributed by atoms with Crippen LogP contribution in [0.25, 0.3) is 27.6 Å². The van der Waals surface area contributed by atoms with Crippen LogP contribution in [0.15, 0.2) is 139 Å². The number of aromatic nitrogens is 2. The summed E-state index contributed by atoms with van der Waals surface area (Å²) < 4.78 is 8.58. The second kappa shape index (κ2) is 12.5. The Labute approximate surface area is 295 Å². The number of hydrogen-bond acceptors (Lipinski definition) is 4. The molecule has 2 aromatic heterocycles. The second-order valence-corrected chi connectivity index (χ2v) is 12.1. The van der Waals surface area contributed by atoms with Gasteiger partial charge in [-0.2, -0.15) is 18.8 Å². The average Bonchev–Trinajstić information content (AvgIpc) is 3.60. The van der Waals surface area contributed by atoms with Gasteiger partial charge in [0.1, 0.15) is 5.82 Å². The first kappa shape index (κ1) is 30.2. The Bertz CT molecular complexity index is 2260. The Morgan fingerprint density at radius 3 is 2.19 bits per heavy atom. The first-order chi connectivity index (χ1) is 23.2. The number of allylic oxidation sites excluding steroid dienone is 1. The third-order valence-electron chi connectivity index (χ3n) is 9.35. The Morgan fingerprint density at radius 1 is 0.708 bits per heavy atom. The molecule has 48 heavy (non-hydrogen) atoms. The molecule has 0 unspecified atom stereocenters. The van der Waals surface area contributed by atoms with Crippen LogP contribution in [0.5, 0.6) is 11.5 Å². The maximum absolute atomic E-state index is 6.43. The summed E-state index contributed by atoms with van der Waals surface area (Å²) in [6.45, 7) is 2.13. The number of fused-ring (bicyclic) bond motifs is 5. The molecule has 0 saturated carbocycles. The molecule has 3 heterocycles. The number of anilines is 1. The summed E-state index contributed by atoms with van der Waals surface area (Å²) in [5.41, 5.74) is 9.72. The first-order valence-electron chi connectivity index (χ1n) is 16.0. The maximum atomic E-state index is 6.43. The van der Waals surface area contributed by atoms with Gasteiger partial charge in [0.05, 0.1) is 0 Å². The van der Waals surface area contributed by atoms with Crippen molar-refractivity contribution in [3.63, 3.8) is 0 Å². The van der Waals surface area contributed by atoms with Gasteiger partial charge in [-0.25, -0.2) is 4.98 Å². The van der Waals surface area contributed by atoms with Gasteiger partial charge < -0.3 is 19.1 Å². The van der Waals surface area contributed by atoms with Crippen molar-refractivity contribution in [2.75, 3.05) is 11.9 Å². The molecule has 0 radical (unpaired) electrons. The largest absolute Gasteiger partial charge is 0.509 e. The zero-order valence-corrected chi connectivity index (χ0v) is 28.6. The molecule has 0 N–H and O–H groups in total. The molecule has 5 nitrogen and oxygen atoms in total. The summed E-state index contributed by atoms with van der Waals surface area (Å²) in [4.78, 5) is 9.03. The Kier molecular flexibility index (Phi) is 7.86. The zero-order chi connectivity index (χ0) is 31.3. The van der Waals surface area contributed by atoms with Gasteiger partial charge in [-0.3, -0.25) is 0 Å². The van der Waals surface area contributed by atoms with E-state index in [1.54, 1.807) is 0 Å². The van der Waals surface area contributed by atoms with Crippen LogP contribution < -0.4 is 9.64 Å². The van der Waals surface area contributed by atoms with Gasteiger partial charge in [0, 0.05) is 55.9 Å². The van der Waals surface area contributed by atoms with Gasteiger partial charge in [0.15, 0.2) is 0 Å². The van der Waals surface area contributed by atoms with Crippen molar-refractivity contribution in [2.24, 2.45) is 0 Å². The van der Waals surface area contributed by atoms with Crippen molar-refractivity contribution in [1.29, 1.82) is 0 Å². The first-order valence-corrected chi connectivity index (χ1v) is 16.0. The molecular formula is C42H31N4OPt-3. The van der Waals surface area contributed by atoms with E-state index in [4.69, 9.17) is 4.74 Å². The third kappa shape index (κ3) is 5.19. The molecule has 0 spiro atoms. The summed E-state index contributed by atoms with van der Waals surface area (Å²) in [5, 5.41) is 2.25. The van der Waals surface area contributed by atoms with E-state index in [-0.39, 0.29) is 27.0 Å². The van der Waals surface area contributed by atoms with Crippen LogP contribution in [-0.4, -0.2) is 21.5 Å². The molecule has 1 aliphatic heterocycles. The van der Waals surface area contributed by atoms with Crippen LogP contribution in [0.3, 0.4) is 0 Å². The topological polar surface area (TPSA) is 33.5 Å². The fraction of sp³-hybridized carbons (Fsp3) is 0.0952. The van der Waals surface area contributed by atoms with Crippen LogP contribution in [0, 0.1) is 18.8 Å². The predicted molar refractivity (Wildman–Crippen MR) is 188 cm³/mol. The Balaban J connectivity index is 0.00000336. The fourth-order valence-electron chi connectivity index (χ4n) is 7.20. The average molecular weight is 803 g/mol. The Morgan fingerprint density at radius 2 is 1.42 bits per heavy atom. The number of benzene rings is 5. The maximum Gasteiger partial charge on any atom is 0.135 e. The third-order valence-corrected chi connectivity index (χ3v) is 9.35. The van der Waals surface area contributed by atoms with Crippen LogP contribution in [0.4, 0.5) is 5.69 Å². The number of ether oxygens (including phenoxy) is 1. The second-order valence-electron chi connectivity index (χ2n) is 12.1. The fourth-order valence-corrected chi connectivity index (χ4v) is 7.20. The van der Waals surface area contributed by atoms with Gasteiger partial charge >= 0.3 is 0 Å².